The van der Waals surface area contributed by atoms with Crippen LogP contribution in [0.3, 0.4) is 0 Å². The van der Waals surface area contributed by atoms with Crippen molar-refractivity contribution >= 4 is 105 Å². The zero-order valence-corrected chi connectivity index (χ0v) is 94.7. The number of ether oxygens (including phenoxy) is 6. The number of Topliss-reactive ketones (excluding diaryl/α,β-unsaturated/α-hetero) is 2. The van der Waals surface area contributed by atoms with Crippen LogP contribution >= 0.6 is 0 Å². The molecule has 0 aromatic heterocycles. The summed E-state index contributed by atoms with van der Waals surface area (Å²) in [5, 5.41) is 43.1. The van der Waals surface area contributed by atoms with E-state index in [0.29, 0.717) is 0 Å². The van der Waals surface area contributed by atoms with E-state index < -0.39 is 160 Å². The van der Waals surface area contributed by atoms with Crippen molar-refractivity contribution in [2.24, 2.45) is 0 Å². The van der Waals surface area contributed by atoms with Crippen molar-refractivity contribution in [1.29, 1.82) is 0 Å². The van der Waals surface area contributed by atoms with Crippen LogP contribution in [0.2, 0.25) is 25.2 Å². The van der Waals surface area contributed by atoms with Crippen LogP contribution in [0, 0.1) is 0 Å². The first kappa shape index (κ1) is 119. The van der Waals surface area contributed by atoms with Crippen LogP contribution in [0.4, 0.5) is 22.0 Å². The Hall–Kier alpha value is -8.29. The van der Waals surface area contributed by atoms with Crippen molar-refractivity contribution in [3.63, 3.8) is 0 Å². The molecule has 0 radical (unpaired) electrons. The maximum absolute atomic E-state index is 15.3. The van der Waals surface area contributed by atoms with E-state index >= 15 is 13.2 Å². The highest BCUT2D eigenvalue weighted by Gasteiger charge is 2.67. The number of halogens is 5. The molecule has 0 spiro atoms. The van der Waals surface area contributed by atoms with Crippen molar-refractivity contribution in [1.82, 2.24) is 0 Å². The lowest BCUT2D eigenvalue weighted by molar-refractivity contribution is -0.165. The molecule has 16 nitrogen and oxygen atoms in total. The van der Waals surface area contributed by atoms with E-state index in [9.17, 15) is 33.7 Å². The van der Waals surface area contributed by atoms with Crippen LogP contribution in [0.25, 0.3) is 0 Å². The van der Waals surface area contributed by atoms with E-state index in [0.717, 1.165) is 51.9 Å². The molecule has 0 amide bonds. The maximum atomic E-state index is 15.3. The molecule has 5 heterocycles. The van der Waals surface area contributed by atoms with Gasteiger partial charge in [-0.2, -0.15) is 0 Å². The molecular formula is C119H161F5O16Si5. The van der Waals surface area contributed by atoms with Crippen molar-refractivity contribution in [3.8, 4) is 0 Å². The van der Waals surface area contributed by atoms with Crippen molar-refractivity contribution in [2.75, 3.05) is 40.1 Å². The van der Waals surface area contributed by atoms with Gasteiger partial charge in [0, 0.05) is 7.11 Å². The quantitative estimate of drug-likeness (QED) is 0.0342. The smallest absolute Gasteiger partial charge is 0.261 e. The highest BCUT2D eigenvalue weighted by atomic mass is 28.4. The van der Waals surface area contributed by atoms with Gasteiger partial charge < -0.3 is 65.9 Å². The Kier molecular flexibility index (Phi) is 37.5. The molecule has 0 saturated carbocycles. The summed E-state index contributed by atoms with van der Waals surface area (Å²) in [5.41, 5.74) is -14.7. The number of methoxy groups -OCH3 is 1. The highest BCUT2D eigenvalue weighted by molar-refractivity contribution is 7.02. The molecule has 5 aliphatic rings. The molecule has 9 unspecified atom stereocenters. The molecule has 788 valence electrons. The predicted octanol–water partition coefficient (Wildman–Crippen LogP) is 19.0. The first-order valence-corrected chi connectivity index (χ1v) is 59.9. The standard InChI is InChI=1S/C24H33FO4Si.2C24H33FO3Si.2C23H29FO3Si.CH4/c1-22(2,3)30(18-13-9-7-10-14-18,19-15-11-8-12-16-19)28-17-20-24(5,26)23(4,25)21(27-6)29-20;2*1-18-23(5,25)24(6,26)21(28-18)17-27-29(22(2,3)4,19-13-9-7-10-14-19)20-15-11-8-12-16-20;2*1-17-23(5,24)21(25)20(27-17)16-26-28(22(2,3)4,18-12-8-6-9-13-18)19-14-10-7-11-15-19;/h7-16,20-21,26H,17H2,1-6H3;2*7-16,18,21,26H,17H2,1-6H3;2*6-15,17,20H,16H2,1-5H3;1H4/t20-,21?,23+,24-;18?,21-,23+,24+;;17?,20-,23?;17?,20-,23+;/m11.11./s1. The van der Waals surface area contributed by atoms with Gasteiger partial charge in [-0.05, 0) is 160 Å². The van der Waals surface area contributed by atoms with Crippen molar-refractivity contribution < 1.29 is 97.4 Å². The first-order chi connectivity index (χ1) is 67.1. The lowest BCUT2D eigenvalue weighted by Crippen LogP contribution is -2.67. The molecule has 3 N–H and O–H groups in total. The van der Waals surface area contributed by atoms with E-state index in [2.05, 4.69) is 225 Å². The van der Waals surface area contributed by atoms with E-state index in [1.54, 1.807) is 27.7 Å². The van der Waals surface area contributed by atoms with Gasteiger partial charge in [0.2, 0.25) is 11.6 Å². The summed E-state index contributed by atoms with van der Waals surface area (Å²) in [4.78, 5) is 25.0. The number of aliphatic hydroxyl groups is 3. The van der Waals surface area contributed by atoms with Gasteiger partial charge in [0.25, 0.3) is 41.6 Å². The van der Waals surface area contributed by atoms with E-state index in [4.69, 9.17) is 50.6 Å². The highest BCUT2D eigenvalue weighted by Crippen LogP contribution is 2.50. The Balaban J connectivity index is 0.000000186. The van der Waals surface area contributed by atoms with Gasteiger partial charge in [0.05, 0.1) is 57.5 Å². The first-order valence-electron chi connectivity index (χ1n) is 50.3. The lowest BCUT2D eigenvalue weighted by atomic mass is 9.83. The third-order valence-corrected chi connectivity index (χ3v) is 56.2. The summed E-state index contributed by atoms with van der Waals surface area (Å²) in [6, 6.07) is 102. The van der Waals surface area contributed by atoms with Crippen LogP contribution in [0.1, 0.15) is 194 Å². The Morgan fingerprint density at radius 3 is 0.552 bits per heavy atom. The van der Waals surface area contributed by atoms with E-state index in [1.165, 1.54) is 62.5 Å². The summed E-state index contributed by atoms with van der Waals surface area (Å²) in [6.45, 7) is 50.8. The molecule has 0 bridgehead atoms. The van der Waals surface area contributed by atoms with Gasteiger partial charge in [-0.1, -0.05) is 415 Å². The maximum Gasteiger partial charge on any atom is 0.261 e. The Labute approximate surface area is 866 Å². The molecule has 26 heteroatoms. The van der Waals surface area contributed by atoms with Crippen LogP contribution in [-0.4, -0.2) is 215 Å². The summed E-state index contributed by atoms with van der Waals surface area (Å²) < 4.78 is 142. The molecule has 10 aromatic rings. The van der Waals surface area contributed by atoms with Gasteiger partial charge in [-0.3, -0.25) is 9.59 Å². The molecule has 0 aliphatic carbocycles. The fourth-order valence-corrected chi connectivity index (χ4v) is 44.0. The number of ketones is 2. The van der Waals surface area contributed by atoms with E-state index in [1.807, 2.05) is 182 Å². The second-order valence-corrected chi connectivity index (χ2v) is 67.2. The minimum Gasteiger partial charge on any atom is -0.405 e. The van der Waals surface area contributed by atoms with Crippen LogP contribution in [-0.2, 0) is 60.1 Å². The average Bonchev–Trinajstić information content (AvgIpc) is 1.05. The fraction of sp³-hybridized carbons (Fsp3) is 0.479. The number of benzene rings is 10. The Morgan fingerprint density at radius 2 is 0.421 bits per heavy atom. The minimum atomic E-state index is -2.81. The van der Waals surface area contributed by atoms with Gasteiger partial charge >= 0.3 is 0 Å². The number of rotatable bonds is 26. The van der Waals surface area contributed by atoms with Gasteiger partial charge in [-0.25, -0.2) is 22.0 Å². The third-order valence-electron chi connectivity index (χ3n) is 31.2. The molecule has 145 heavy (non-hydrogen) atoms. The van der Waals surface area contributed by atoms with Crippen molar-refractivity contribution in [2.45, 2.75) is 326 Å². The van der Waals surface area contributed by atoms with Crippen LogP contribution in [0.15, 0.2) is 303 Å². The van der Waals surface area contributed by atoms with Gasteiger partial charge in [0.15, 0.2) is 34.6 Å². The average molecular weight is 2080 g/mol. The number of hydrogen-bond acceptors (Lipinski definition) is 16. The van der Waals surface area contributed by atoms with Gasteiger partial charge in [0.1, 0.15) is 47.3 Å². The van der Waals surface area contributed by atoms with Crippen LogP contribution in [0.5, 0.6) is 0 Å². The number of alkyl halides is 5. The molecule has 15 rings (SSSR count). The van der Waals surface area contributed by atoms with Crippen LogP contribution < -0.4 is 51.9 Å². The molecule has 5 fully saturated rings. The number of carbonyl (C=O) groups is 2. The zero-order chi connectivity index (χ0) is 106. The topological polar surface area (TPSA) is 196 Å². The van der Waals surface area contributed by atoms with E-state index in [-0.39, 0.29) is 65.7 Å². The SMILES string of the molecule is C.CC1OC(CO[Si](c2ccccc2)(c2ccccc2)C(C)(C)C)C(C)(O)C1(C)F.CC1O[C@H](CO[Si](c2ccccc2)(c2ccccc2)C(C)(C)C)C(=O)C1(C)F.CC1O[C@H](CO[Si](c2ccccc2)(c2ccccc2)C(C)(C)C)C(=O)[C@@]1(C)F.CC1O[C@H](CO[Si](c2ccccc2)(c2ccccc2)C(C)(C)C)[C@](C)(O)[C@@]1(C)F.COC1O[C@H](CO[Si](c2ccccc2)(c2ccccc2)C(C)(C)C)[C@@](C)(O)[C@@]1(C)F. The number of hydrogen-bond donors (Lipinski definition) is 3. The van der Waals surface area contributed by atoms with Crippen molar-refractivity contribution in [3.05, 3.63) is 303 Å². The Bertz CT molecular complexity index is 5260. The lowest BCUT2D eigenvalue weighted by Gasteiger charge is -2.44. The predicted molar refractivity (Wildman–Crippen MR) is 587 cm³/mol. The second kappa shape index (κ2) is 45.9. The largest absolute Gasteiger partial charge is 0.405 e. The fourth-order valence-electron chi connectivity index (χ4n) is 21.3. The molecule has 5 saturated heterocycles. The molecule has 10 aromatic carbocycles. The van der Waals surface area contributed by atoms with Gasteiger partial charge in [-0.15, -0.1) is 0 Å². The summed E-state index contributed by atoms with van der Waals surface area (Å²) >= 11 is 0. The summed E-state index contributed by atoms with van der Waals surface area (Å²) in [6.07, 6.45) is -8.21. The molecule has 18 atom stereocenters. The summed E-state index contributed by atoms with van der Waals surface area (Å²) in [5.74, 6) is -1.06. The minimum absolute atomic E-state index is 0. The molecule has 5 aliphatic heterocycles. The Morgan fingerprint density at radius 1 is 0.262 bits per heavy atom. The normalized spacial score (nSPS) is 28.4. The molecular weight excluding hydrogens is 1920 g/mol. The third kappa shape index (κ3) is 23.2. The number of carbonyl (C=O) groups excluding carboxylic acids is 2. The zero-order valence-electron chi connectivity index (χ0n) is 89.7. The summed E-state index contributed by atoms with van der Waals surface area (Å²) in [7, 11) is -12.5. The second-order valence-electron chi connectivity index (χ2n) is 45.7. The monoisotopic (exact) mass is 2080 g/mol.